The van der Waals surface area contributed by atoms with Crippen LogP contribution in [0.5, 0.6) is 0 Å². The van der Waals surface area contributed by atoms with Gasteiger partial charge < -0.3 is 5.11 Å². The molecule has 1 atom stereocenters. The van der Waals surface area contributed by atoms with Crippen molar-refractivity contribution in [3.8, 4) is 0 Å². The van der Waals surface area contributed by atoms with E-state index in [1.54, 1.807) is 14.0 Å². The van der Waals surface area contributed by atoms with Crippen molar-refractivity contribution in [3.63, 3.8) is 0 Å². The molecule has 0 radical (unpaired) electrons. The second kappa shape index (κ2) is 4.22. The van der Waals surface area contributed by atoms with Crippen LogP contribution in [0.25, 0.3) is 0 Å². The van der Waals surface area contributed by atoms with Gasteiger partial charge in [0.15, 0.2) is 0 Å². The van der Waals surface area contributed by atoms with Gasteiger partial charge >= 0.3 is 5.97 Å². The molecule has 1 aromatic rings. The van der Waals surface area contributed by atoms with Crippen LogP contribution in [-0.2, 0) is 11.8 Å². The van der Waals surface area contributed by atoms with Gasteiger partial charge in [0.25, 0.3) is 0 Å². The lowest BCUT2D eigenvalue weighted by Gasteiger charge is -2.03. The lowest BCUT2D eigenvalue weighted by atomic mass is 10.2. The molecule has 0 aromatic carbocycles. The highest BCUT2D eigenvalue weighted by Gasteiger charge is 2.13. The van der Waals surface area contributed by atoms with Crippen molar-refractivity contribution in [2.45, 2.75) is 12.1 Å². The number of carboxylic acid groups (broad SMARTS) is 1. The summed E-state index contributed by atoms with van der Waals surface area (Å²) in [5.41, 5.74) is 0. The van der Waals surface area contributed by atoms with E-state index in [2.05, 4.69) is 15.5 Å². The van der Waals surface area contributed by atoms with Crippen LogP contribution in [0.2, 0.25) is 0 Å². The van der Waals surface area contributed by atoms with E-state index < -0.39 is 5.97 Å². The van der Waals surface area contributed by atoms with Crippen molar-refractivity contribution in [3.05, 3.63) is 0 Å². The molecule has 6 nitrogen and oxygen atoms in total. The van der Waals surface area contributed by atoms with Gasteiger partial charge in [-0.1, -0.05) is 18.7 Å². The Bertz CT molecular complexity index is 301. The summed E-state index contributed by atoms with van der Waals surface area (Å²) in [7, 11) is 1.72. The number of aromatic nitrogens is 4. The summed E-state index contributed by atoms with van der Waals surface area (Å²) >= 11 is 1.34. The van der Waals surface area contributed by atoms with Crippen LogP contribution in [0.1, 0.15) is 6.92 Å². The van der Waals surface area contributed by atoms with Gasteiger partial charge in [-0.05, 0) is 10.4 Å². The van der Waals surface area contributed by atoms with Crippen LogP contribution in [0, 0.1) is 5.92 Å². The third-order valence-electron chi connectivity index (χ3n) is 1.47. The van der Waals surface area contributed by atoms with E-state index in [1.165, 1.54) is 16.4 Å². The molecule has 1 N–H and O–H groups in total. The number of aryl methyl sites for hydroxylation is 1. The minimum absolute atomic E-state index is 0.387. The molecule has 0 amide bonds. The lowest BCUT2D eigenvalue weighted by molar-refractivity contribution is -0.140. The fourth-order valence-corrected chi connectivity index (χ4v) is 1.47. The summed E-state index contributed by atoms with van der Waals surface area (Å²) in [6.07, 6.45) is 0. The smallest absolute Gasteiger partial charge is 0.307 e. The zero-order valence-corrected chi connectivity index (χ0v) is 8.15. The Morgan fingerprint density at radius 1 is 1.77 bits per heavy atom. The number of carbonyl (C=O) groups is 1. The minimum Gasteiger partial charge on any atom is -0.481 e. The van der Waals surface area contributed by atoms with Crippen molar-refractivity contribution in [2.24, 2.45) is 13.0 Å². The number of nitrogens with zero attached hydrogens (tertiary/aromatic N) is 4. The molecule has 0 spiro atoms. The summed E-state index contributed by atoms with van der Waals surface area (Å²) in [5, 5.41) is 20.0. The summed E-state index contributed by atoms with van der Waals surface area (Å²) in [6.45, 7) is 1.65. The second-order valence-corrected chi connectivity index (χ2v) is 3.62. The molecule has 0 bridgehead atoms. The van der Waals surface area contributed by atoms with E-state index in [0.29, 0.717) is 10.9 Å². The van der Waals surface area contributed by atoms with E-state index in [0.717, 1.165) is 0 Å². The molecule has 13 heavy (non-hydrogen) atoms. The average Bonchev–Trinajstić information content (AvgIpc) is 2.47. The maximum atomic E-state index is 10.5. The average molecular weight is 202 g/mol. The Morgan fingerprint density at radius 2 is 2.46 bits per heavy atom. The summed E-state index contributed by atoms with van der Waals surface area (Å²) in [4.78, 5) is 10.5. The molecule has 0 saturated carbocycles. The predicted molar refractivity (Wildman–Crippen MR) is 46.3 cm³/mol. The largest absolute Gasteiger partial charge is 0.481 e. The Labute approximate surface area is 79.3 Å². The highest BCUT2D eigenvalue weighted by molar-refractivity contribution is 7.99. The molecule has 1 rings (SSSR count). The van der Waals surface area contributed by atoms with E-state index in [1.807, 2.05) is 0 Å². The first kappa shape index (κ1) is 9.97. The first-order valence-corrected chi connectivity index (χ1v) is 4.67. The number of tetrazole rings is 1. The normalized spacial score (nSPS) is 12.8. The summed E-state index contributed by atoms with van der Waals surface area (Å²) in [6, 6.07) is 0. The fourth-order valence-electron chi connectivity index (χ4n) is 0.614. The monoisotopic (exact) mass is 202 g/mol. The SMILES string of the molecule is CC(CSc1nnnn1C)C(=O)O. The van der Waals surface area contributed by atoms with Crippen LogP contribution in [0.4, 0.5) is 0 Å². The molecule has 0 saturated heterocycles. The molecular weight excluding hydrogens is 192 g/mol. The second-order valence-electron chi connectivity index (χ2n) is 2.64. The maximum absolute atomic E-state index is 10.5. The Balaban J connectivity index is 2.44. The van der Waals surface area contributed by atoms with E-state index in [4.69, 9.17) is 5.11 Å². The van der Waals surface area contributed by atoms with Crippen molar-refractivity contribution in [2.75, 3.05) is 5.75 Å². The molecule has 1 unspecified atom stereocenters. The number of aliphatic carboxylic acids is 1. The fraction of sp³-hybridized carbons (Fsp3) is 0.667. The number of rotatable bonds is 4. The van der Waals surface area contributed by atoms with Gasteiger partial charge in [0, 0.05) is 12.8 Å². The molecule has 1 aromatic heterocycles. The van der Waals surface area contributed by atoms with Crippen molar-refractivity contribution in [1.29, 1.82) is 0 Å². The highest BCUT2D eigenvalue weighted by Crippen LogP contribution is 2.16. The van der Waals surface area contributed by atoms with Crippen LogP contribution >= 0.6 is 11.8 Å². The van der Waals surface area contributed by atoms with Gasteiger partial charge in [-0.2, -0.15) is 0 Å². The molecule has 0 fully saturated rings. The minimum atomic E-state index is -0.803. The van der Waals surface area contributed by atoms with E-state index in [9.17, 15) is 4.79 Å². The standard InChI is InChI=1S/C6H10N4O2S/c1-4(5(11)12)3-13-6-7-8-9-10(6)2/h4H,3H2,1-2H3,(H,11,12). The Hall–Kier alpha value is -1.11. The van der Waals surface area contributed by atoms with Gasteiger partial charge in [0.05, 0.1) is 5.92 Å². The van der Waals surface area contributed by atoms with E-state index in [-0.39, 0.29) is 5.92 Å². The highest BCUT2D eigenvalue weighted by atomic mass is 32.2. The molecule has 0 aliphatic carbocycles. The first-order chi connectivity index (χ1) is 6.11. The molecule has 0 aliphatic rings. The summed E-state index contributed by atoms with van der Waals surface area (Å²) < 4.78 is 1.51. The Kier molecular flexibility index (Phi) is 3.24. The number of hydrogen-bond donors (Lipinski definition) is 1. The van der Waals surface area contributed by atoms with Gasteiger partial charge in [0.2, 0.25) is 5.16 Å². The van der Waals surface area contributed by atoms with Crippen molar-refractivity contribution >= 4 is 17.7 Å². The molecule has 72 valence electrons. The third-order valence-corrected chi connectivity index (χ3v) is 2.74. The van der Waals surface area contributed by atoms with Gasteiger partial charge in [0.1, 0.15) is 0 Å². The Morgan fingerprint density at radius 3 is 2.92 bits per heavy atom. The van der Waals surface area contributed by atoms with Crippen LogP contribution in [-0.4, -0.2) is 37.0 Å². The zero-order valence-electron chi connectivity index (χ0n) is 7.34. The molecule has 7 heteroatoms. The predicted octanol–water partition coefficient (Wildman–Crippen LogP) is 0.0229. The van der Waals surface area contributed by atoms with Gasteiger partial charge in [-0.3, -0.25) is 4.79 Å². The van der Waals surface area contributed by atoms with Gasteiger partial charge in [-0.25, -0.2) is 4.68 Å². The van der Waals surface area contributed by atoms with Crippen LogP contribution in [0.15, 0.2) is 5.16 Å². The lowest BCUT2D eigenvalue weighted by Crippen LogP contribution is -2.12. The number of hydrogen-bond acceptors (Lipinski definition) is 5. The number of thioether (sulfide) groups is 1. The van der Waals surface area contributed by atoms with Crippen molar-refractivity contribution < 1.29 is 9.90 Å². The van der Waals surface area contributed by atoms with Gasteiger partial charge in [-0.15, -0.1) is 5.10 Å². The van der Waals surface area contributed by atoms with Crippen LogP contribution < -0.4 is 0 Å². The zero-order chi connectivity index (χ0) is 9.84. The maximum Gasteiger partial charge on any atom is 0.307 e. The van der Waals surface area contributed by atoms with E-state index >= 15 is 0 Å². The molecular formula is C6H10N4O2S. The summed E-state index contributed by atoms with van der Waals surface area (Å²) in [5.74, 6) is -0.715. The molecule has 0 aliphatic heterocycles. The van der Waals surface area contributed by atoms with Crippen molar-refractivity contribution in [1.82, 2.24) is 20.2 Å². The number of carboxylic acids is 1. The quantitative estimate of drug-likeness (QED) is 0.693. The molecule has 1 heterocycles. The third kappa shape index (κ3) is 2.69. The first-order valence-electron chi connectivity index (χ1n) is 3.69. The van der Waals surface area contributed by atoms with Crippen LogP contribution in [0.3, 0.4) is 0 Å². The topological polar surface area (TPSA) is 80.9 Å².